The lowest BCUT2D eigenvalue weighted by Gasteiger charge is -2.14. The Labute approximate surface area is 139 Å². The first-order chi connectivity index (χ1) is 11.4. The molecule has 126 valence electrons. The summed E-state index contributed by atoms with van der Waals surface area (Å²) in [6, 6.07) is 0.778. The quantitative estimate of drug-likeness (QED) is 0.477. The van der Waals surface area contributed by atoms with E-state index in [1.807, 2.05) is 0 Å². The fourth-order valence-corrected chi connectivity index (χ4v) is 2.86. The van der Waals surface area contributed by atoms with E-state index in [2.05, 4.69) is 0 Å². The Kier molecular flexibility index (Phi) is 4.00. The molecule has 7 nitrogen and oxygen atoms in total. The Bertz CT molecular complexity index is 936. The number of benzene rings is 1. The minimum Gasteiger partial charge on any atom is -0.462 e. The van der Waals surface area contributed by atoms with Gasteiger partial charge in [0.25, 0.3) is 0 Å². The van der Waals surface area contributed by atoms with Crippen molar-refractivity contribution in [1.29, 1.82) is 0 Å². The van der Waals surface area contributed by atoms with Gasteiger partial charge in [0.05, 0.1) is 22.4 Å². The van der Waals surface area contributed by atoms with Crippen molar-refractivity contribution in [3.05, 3.63) is 49.0 Å². The number of esters is 1. The van der Waals surface area contributed by atoms with E-state index in [0.717, 1.165) is 18.9 Å². The molecule has 1 aromatic heterocycles. The number of aromatic nitrogens is 1. The molecule has 1 saturated carbocycles. The van der Waals surface area contributed by atoms with E-state index in [0.29, 0.717) is 0 Å². The lowest BCUT2D eigenvalue weighted by atomic mass is 10.1. The number of nitro benzene ring substituents is 1. The predicted octanol–water partition coefficient (Wildman–Crippen LogP) is 3.21. The predicted molar refractivity (Wildman–Crippen MR) is 84.1 cm³/mol. The van der Waals surface area contributed by atoms with E-state index in [-0.39, 0.29) is 29.1 Å². The number of ether oxygens (including phenoxy) is 1. The zero-order valence-electron chi connectivity index (χ0n) is 12.5. The van der Waals surface area contributed by atoms with E-state index in [1.54, 1.807) is 6.92 Å². The van der Waals surface area contributed by atoms with Gasteiger partial charge in [-0.1, -0.05) is 11.6 Å². The number of carbonyl (C=O) groups excluding carboxylic acids is 1. The maximum Gasteiger partial charge on any atom is 0.343 e. The highest BCUT2D eigenvalue weighted by Crippen LogP contribution is 2.40. The summed E-state index contributed by atoms with van der Waals surface area (Å²) in [5.74, 6) is -2.03. The summed E-state index contributed by atoms with van der Waals surface area (Å²) in [5.41, 5.74) is -1.88. The monoisotopic (exact) mass is 354 g/mol. The van der Waals surface area contributed by atoms with Crippen molar-refractivity contribution in [3.63, 3.8) is 0 Å². The minimum atomic E-state index is -1.20. The van der Waals surface area contributed by atoms with Crippen LogP contribution in [0.4, 0.5) is 10.1 Å². The Morgan fingerprint density at radius 2 is 2.21 bits per heavy atom. The molecule has 9 heteroatoms. The number of hydrogen-bond acceptors (Lipinski definition) is 5. The number of nitro groups is 1. The van der Waals surface area contributed by atoms with Gasteiger partial charge in [-0.15, -0.1) is 0 Å². The molecule has 24 heavy (non-hydrogen) atoms. The van der Waals surface area contributed by atoms with Crippen molar-refractivity contribution in [2.45, 2.75) is 25.8 Å². The van der Waals surface area contributed by atoms with Gasteiger partial charge in [0, 0.05) is 18.3 Å². The molecule has 0 atom stereocenters. The van der Waals surface area contributed by atoms with Gasteiger partial charge in [0.15, 0.2) is 0 Å². The Morgan fingerprint density at radius 1 is 1.54 bits per heavy atom. The normalized spacial score (nSPS) is 14.0. The van der Waals surface area contributed by atoms with Crippen LogP contribution in [-0.4, -0.2) is 22.1 Å². The van der Waals surface area contributed by atoms with Crippen LogP contribution < -0.4 is 5.43 Å². The third-order valence-corrected chi connectivity index (χ3v) is 4.15. The minimum absolute atomic E-state index is 0.0420. The molecular weight excluding hydrogens is 343 g/mol. The van der Waals surface area contributed by atoms with Gasteiger partial charge in [-0.3, -0.25) is 14.9 Å². The Balaban J connectivity index is 2.41. The Morgan fingerprint density at radius 3 is 2.75 bits per heavy atom. The van der Waals surface area contributed by atoms with E-state index >= 15 is 0 Å². The molecule has 0 N–H and O–H groups in total. The summed E-state index contributed by atoms with van der Waals surface area (Å²) in [4.78, 5) is 34.6. The fraction of sp³-hybridized carbons (Fsp3) is 0.333. The lowest BCUT2D eigenvalue weighted by molar-refractivity contribution is -0.387. The van der Waals surface area contributed by atoms with Crippen molar-refractivity contribution in [3.8, 4) is 0 Å². The smallest absolute Gasteiger partial charge is 0.343 e. The lowest BCUT2D eigenvalue weighted by Crippen LogP contribution is -2.21. The molecule has 0 amide bonds. The summed E-state index contributed by atoms with van der Waals surface area (Å²) in [5, 5.41) is 10.3. The summed E-state index contributed by atoms with van der Waals surface area (Å²) < 4.78 is 20.6. The molecule has 1 aromatic carbocycles. The van der Waals surface area contributed by atoms with Gasteiger partial charge in [-0.2, -0.15) is 4.39 Å². The summed E-state index contributed by atoms with van der Waals surface area (Å²) in [6.45, 7) is 1.67. The molecule has 2 aromatic rings. The number of hydrogen-bond donors (Lipinski definition) is 0. The molecule has 0 bridgehead atoms. The molecule has 1 fully saturated rings. The van der Waals surface area contributed by atoms with Crippen LogP contribution in [-0.2, 0) is 4.74 Å². The van der Waals surface area contributed by atoms with E-state index in [9.17, 15) is 24.1 Å². The van der Waals surface area contributed by atoms with E-state index in [4.69, 9.17) is 16.3 Å². The fourth-order valence-electron chi connectivity index (χ4n) is 2.56. The van der Waals surface area contributed by atoms with E-state index < -0.39 is 32.8 Å². The maximum atomic E-state index is 14.2. The first-order valence-corrected chi connectivity index (χ1v) is 7.63. The van der Waals surface area contributed by atoms with Gasteiger partial charge in [-0.25, -0.2) is 4.79 Å². The molecule has 0 radical (unpaired) electrons. The number of nitrogens with zero attached hydrogens (tertiary/aromatic N) is 2. The first kappa shape index (κ1) is 16.4. The van der Waals surface area contributed by atoms with Gasteiger partial charge < -0.3 is 9.30 Å². The number of carbonyl (C=O) groups is 1. The number of rotatable bonds is 4. The number of halogens is 2. The van der Waals surface area contributed by atoms with Crippen LogP contribution in [0, 0.1) is 15.9 Å². The third kappa shape index (κ3) is 2.52. The number of fused-ring (bicyclic) bond motifs is 1. The van der Waals surface area contributed by atoms with Crippen molar-refractivity contribution in [1.82, 2.24) is 4.57 Å². The Hall–Kier alpha value is -2.48. The molecule has 0 spiro atoms. The second-order valence-corrected chi connectivity index (χ2v) is 5.79. The topological polar surface area (TPSA) is 91.4 Å². The number of pyridine rings is 1. The highest BCUT2D eigenvalue weighted by Gasteiger charge is 2.31. The molecule has 0 aliphatic heterocycles. The average molecular weight is 355 g/mol. The summed E-state index contributed by atoms with van der Waals surface area (Å²) in [7, 11) is 0. The molecular formula is C15H12ClFN2O5. The van der Waals surface area contributed by atoms with Crippen LogP contribution >= 0.6 is 11.6 Å². The van der Waals surface area contributed by atoms with Gasteiger partial charge in [-0.05, 0) is 19.8 Å². The van der Waals surface area contributed by atoms with Gasteiger partial charge >= 0.3 is 11.7 Å². The van der Waals surface area contributed by atoms with Crippen molar-refractivity contribution in [2.24, 2.45) is 0 Å². The largest absolute Gasteiger partial charge is 0.462 e. The van der Waals surface area contributed by atoms with Gasteiger partial charge in [0.2, 0.25) is 11.2 Å². The summed E-state index contributed by atoms with van der Waals surface area (Å²) in [6.07, 6.45) is 2.84. The van der Waals surface area contributed by atoms with Crippen LogP contribution in [0.3, 0.4) is 0 Å². The molecule has 0 unspecified atom stereocenters. The van der Waals surface area contributed by atoms with Crippen LogP contribution in [0.15, 0.2) is 17.1 Å². The second-order valence-electron chi connectivity index (χ2n) is 5.41. The zero-order valence-corrected chi connectivity index (χ0v) is 13.3. The van der Waals surface area contributed by atoms with Crippen LogP contribution in [0.25, 0.3) is 10.9 Å². The highest BCUT2D eigenvalue weighted by molar-refractivity contribution is 6.35. The maximum absolute atomic E-state index is 14.2. The zero-order chi connectivity index (χ0) is 17.6. The molecule has 1 aliphatic carbocycles. The van der Waals surface area contributed by atoms with Crippen LogP contribution in [0.1, 0.15) is 36.2 Å². The van der Waals surface area contributed by atoms with Crippen molar-refractivity contribution >= 4 is 34.2 Å². The molecule has 3 rings (SSSR count). The van der Waals surface area contributed by atoms with Crippen LogP contribution in [0.2, 0.25) is 5.02 Å². The van der Waals surface area contributed by atoms with Crippen molar-refractivity contribution < 1.29 is 18.8 Å². The second kappa shape index (κ2) is 5.86. The molecule has 1 aliphatic rings. The first-order valence-electron chi connectivity index (χ1n) is 7.25. The van der Waals surface area contributed by atoms with Crippen LogP contribution in [0.5, 0.6) is 0 Å². The molecule has 0 saturated heterocycles. The summed E-state index contributed by atoms with van der Waals surface area (Å²) >= 11 is 5.96. The van der Waals surface area contributed by atoms with Crippen molar-refractivity contribution in [2.75, 3.05) is 6.61 Å². The SMILES string of the molecule is CCOC(=O)c1cn(C2CC2)c2c(Cl)c(F)c([N+](=O)[O-])cc2c1=O. The third-order valence-electron chi connectivity index (χ3n) is 3.81. The molecule has 1 heterocycles. The van der Waals surface area contributed by atoms with E-state index in [1.165, 1.54) is 10.8 Å². The standard InChI is InChI=1S/C15H12ClFN2O5/c1-2-24-15(21)9-6-18(7-3-4-7)13-8(14(9)20)5-10(19(22)23)12(17)11(13)16/h5-7H,2-4H2,1H3. The highest BCUT2D eigenvalue weighted by atomic mass is 35.5. The van der Waals surface area contributed by atoms with Gasteiger partial charge in [0.1, 0.15) is 10.6 Å². The average Bonchev–Trinajstić information content (AvgIpc) is 3.35.